The van der Waals surface area contributed by atoms with Crippen molar-refractivity contribution in [1.29, 1.82) is 0 Å². The molecule has 0 unspecified atom stereocenters. The quantitative estimate of drug-likeness (QED) is 0.615. The third kappa shape index (κ3) is 1.49. The zero-order valence-electron chi connectivity index (χ0n) is 9.83. The van der Waals surface area contributed by atoms with Crippen molar-refractivity contribution >= 4 is 33.2 Å². The Morgan fingerprint density at radius 1 is 1.50 bits per heavy atom. The molecule has 0 spiro atoms. The summed E-state index contributed by atoms with van der Waals surface area (Å²) in [6.07, 6.45) is 0. The summed E-state index contributed by atoms with van der Waals surface area (Å²) in [5, 5.41) is 14.8. The predicted octanol–water partition coefficient (Wildman–Crippen LogP) is 1.91. The number of hydrogen-bond acceptors (Lipinski definition) is 4. The van der Waals surface area contributed by atoms with Crippen LogP contribution in [0.3, 0.4) is 0 Å². The number of halogens is 1. The lowest BCUT2D eigenvalue weighted by atomic mass is 10.0. The number of rotatable bonds is 1. The van der Waals surface area contributed by atoms with Gasteiger partial charge in [0.15, 0.2) is 5.71 Å². The lowest BCUT2D eigenvalue weighted by Crippen LogP contribution is -2.15. The molecule has 0 atom stereocenters. The summed E-state index contributed by atoms with van der Waals surface area (Å²) in [5.41, 5.74) is 3.87. The first kappa shape index (κ1) is 11.7. The van der Waals surface area contributed by atoms with Crippen molar-refractivity contribution in [3.8, 4) is 0 Å². The van der Waals surface area contributed by atoms with Gasteiger partial charge in [-0.05, 0) is 23.7 Å². The van der Waals surface area contributed by atoms with Gasteiger partial charge in [-0.3, -0.25) is 9.69 Å². The number of nitrogens with zero attached hydrogens (tertiary/aromatic N) is 2. The van der Waals surface area contributed by atoms with E-state index in [2.05, 4.69) is 38.2 Å². The first-order valence-corrected chi connectivity index (χ1v) is 6.55. The summed E-state index contributed by atoms with van der Waals surface area (Å²) in [6, 6.07) is 1.85. The van der Waals surface area contributed by atoms with Gasteiger partial charge in [-0.25, -0.2) is 0 Å². The summed E-state index contributed by atoms with van der Waals surface area (Å²) >= 11 is 3.53. The molecule has 18 heavy (non-hydrogen) atoms. The van der Waals surface area contributed by atoms with Gasteiger partial charge in [-0.1, -0.05) is 28.0 Å². The molecule has 0 bridgehead atoms. The third-order valence-electron chi connectivity index (χ3n) is 3.51. The normalized spacial score (nSPS) is 20.1. The largest absolute Gasteiger partial charge is 0.410 e. The standard InChI is InChI=1S/C12H12BrN3O2/c1-2-16-4-7-8(5-16)10-6(3-9(7)13)11(15-18)12(17)14-10/h3,18H,2,4-5H2,1H3,(H,14,15,17). The molecule has 0 aliphatic carbocycles. The second-order valence-electron chi connectivity index (χ2n) is 4.44. The molecule has 0 fully saturated rings. The number of anilines is 1. The third-order valence-corrected chi connectivity index (χ3v) is 4.22. The van der Waals surface area contributed by atoms with Crippen LogP contribution < -0.4 is 5.32 Å². The van der Waals surface area contributed by atoms with E-state index >= 15 is 0 Å². The van der Waals surface area contributed by atoms with Crippen molar-refractivity contribution in [2.45, 2.75) is 20.0 Å². The summed E-state index contributed by atoms with van der Waals surface area (Å²) in [5.74, 6) is -0.345. The van der Waals surface area contributed by atoms with E-state index in [1.807, 2.05) is 6.07 Å². The molecule has 0 aromatic heterocycles. The van der Waals surface area contributed by atoms with Gasteiger partial charge in [-0.15, -0.1) is 0 Å². The van der Waals surface area contributed by atoms with Crippen molar-refractivity contribution < 1.29 is 10.0 Å². The van der Waals surface area contributed by atoms with Gasteiger partial charge in [-0.2, -0.15) is 0 Å². The molecule has 5 nitrogen and oxygen atoms in total. The number of fused-ring (bicyclic) bond motifs is 3. The van der Waals surface area contributed by atoms with Crippen LogP contribution in [0, 0.1) is 0 Å². The number of benzene rings is 1. The topological polar surface area (TPSA) is 64.9 Å². The first-order valence-electron chi connectivity index (χ1n) is 5.76. The lowest BCUT2D eigenvalue weighted by molar-refractivity contribution is -0.110. The fourth-order valence-corrected chi connectivity index (χ4v) is 3.13. The molecule has 0 radical (unpaired) electrons. The highest BCUT2D eigenvalue weighted by molar-refractivity contribution is 9.10. The maximum absolute atomic E-state index is 11.7. The van der Waals surface area contributed by atoms with Crippen LogP contribution in [0.25, 0.3) is 0 Å². The van der Waals surface area contributed by atoms with Gasteiger partial charge in [0.1, 0.15) is 0 Å². The van der Waals surface area contributed by atoms with E-state index in [-0.39, 0.29) is 11.6 Å². The summed E-state index contributed by atoms with van der Waals surface area (Å²) in [6.45, 7) is 4.76. The second-order valence-corrected chi connectivity index (χ2v) is 5.30. The molecule has 1 aromatic rings. The van der Waals surface area contributed by atoms with Crippen molar-refractivity contribution in [1.82, 2.24) is 4.90 Å². The van der Waals surface area contributed by atoms with Crippen molar-refractivity contribution in [2.24, 2.45) is 5.16 Å². The van der Waals surface area contributed by atoms with Gasteiger partial charge < -0.3 is 10.5 Å². The fourth-order valence-electron chi connectivity index (χ4n) is 2.54. The Morgan fingerprint density at radius 3 is 2.89 bits per heavy atom. The minimum absolute atomic E-state index is 0.0865. The Labute approximate surface area is 113 Å². The number of nitrogens with one attached hydrogen (secondary N) is 1. The molecule has 6 heteroatoms. The molecule has 2 N–H and O–H groups in total. The molecule has 0 saturated heterocycles. The zero-order chi connectivity index (χ0) is 12.9. The molecule has 2 aliphatic rings. The SMILES string of the molecule is CCN1Cc2c(Br)cc3c(c2C1)NC(=O)C3=NO. The van der Waals surface area contributed by atoms with Gasteiger partial charge in [0, 0.05) is 23.1 Å². The molecule has 94 valence electrons. The Morgan fingerprint density at radius 2 is 2.22 bits per heavy atom. The van der Waals surface area contributed by atoms with Gasteiger partial charge in [0.25, 0.3) is 5.91 Å². The van der Waals surface area contributed by atoms with E-state index in [0.717, 1.165) is 35.4 Å². The molecule has 3 rings (SSSR count). The van der Waals surface area contributed by atoms with Crippen LogP contribution in [0.2, 0.25) is 0 Å². The van der Waals surface area contributed by atoms with E-state index in [1.165, 1.54) is 5.56 Å². The van der Waals surface area contributed by atoms with Crippen LogP contribution in [-0.2, 0) is 17.9 Å². The monoisotopic (exact) mass is 309 g/mol. The fraction of sp³-hybridized carbons (Fsp3) is 0.333. The molecule has 2 heterocycles. The number of oxime groups is 1. The number of carbonyl (C=O) groups excluding carboxylic acids is 1. The minimum atomic E-state index is -0.345. The Hall–Kier alpha value is -1.40. The van der Waals surface area contributed by atoms with E-state index in [4.69, 9.17) is 5.21 Å². The molecule has 1 amide bonds. The molecule has 1 aromatic carbocycles. The Balaban J connectivity index is 2.19. The van der Waals surface area contributed by atoms with Gasteiger partial charge in [0.05, 0.1) is 5.69 Å². The molecular weight excluding hydrogens is 298 g/mol. The van der Waals surface area contributed by atoms with E-state index in [1.54, 1.807) is 0 Å². The minimum Gasteiger partial charge on any atom is -0.410 e. The number of amides is 1. The summed E-state index contributed by atoms with van der Waals surface area (Å²) < 4.78 is 0.963. The number of hydrogen-bond donors (Lipinski definition) is 2. The van der Waals surface area contributed by atoms with E-state index in [9.17, 15) is 4.79 Å². The van der Waals surface area contributed by atoms with Crippen molar-refractivity contribution in [2.75, 3.05) is 11.9 Å². The van der Waals surface area contributed by atoms with Crippen LogP contribution in [-0.4, -0.2) is 28.3 Å². The molecule has 2 aliphatic heterocycles. The van der Waals surface area contributed by atoms with Crippen LogP contribution in [0.15, 0.2) is 15.7 Å². The maximum Gasteiger partial charge on any atom is 0.278 e. The van der Waals surface area contributed by atoms with Gasteiger partial charge in [0.2, 0.25) is 0 Å². The highest BCUT2D eigenvalue weighted by atomic mass is 79.9. The van der Waals surface area contributed by atoms with Crippen LogP contribution in [0.5, 0.6) is 0 Å². The van der Waals surface area contributed by atoms with Crippen LogP contribution in [0.4, 0.5) is 5.69 Å². The lowest BCUT2D eigenvalue weighted by Gasteiger charge is -2.10. The van der Waals surface area contributed by atoms with Crippen LogP contribution >= 0.6 is 15.9 Å². The zero-order valence-corrected chi connectivity index (χ0v) is 11.4. The van der Waals surface area contributed by atoms with Gasteiger partial charge >= 0.3 is 0 Å². The van der Waals surface area contributed by atoms with Crippen LogP contribution in [0.1, 0.15) is 23.6 Å². The van der Waals surface area contributed by atoms with Crippen molar-refractivity contribution in [3.63, 3.8) is 0 Å². The van der Waals surface area contributed by atoms with E-state index in [0.29, 0.717) is 5.56 Å². The molecule has 0 saturated carbocycles. The average Bonchev–Trinajstić information content (AvgIpc) is 2.90. The highest BCUT2D eigenvalue weighted by Crippen LogP contribution is 2.39. The smallest absolute Gasteiger partial charge is 0.278 e. The highest BCUT2D eigenvalue weighted by Gasteiger charge is 2.34. The summed E-state index contributed by atoms with van der Waals surface area (Å²) in [4.78, 5) is 14.0. The average molecular weight is 310 g/mol. The molecular formula is C12H12BrN3O2. The van der Waals surface area contributed by atoms with Crippen molar-refractivity contribution in [3.05, 3.63) is 27.2 Å². The second kappa shape index (κ2) is 4.07. The predicted molar refractivity (Wildman–Crippen MR) is 70.9 cm³/mol. The first-order chi connectivity index (χ1) is 8.65. The number of carbonyl (C=O) groups is 1. The maximum atomic E-state index is 11.7. The Bertz CT molecular complexity index is 583. The van der Waals surface area contributed by atoms with E-state index < -0.39 is 0 Å². The Kier molecular flexibility index (Phi) is 2.64. The summed E-state index contributed by atoms with van der Waals surface area (Å²) in [7, 11) is 0.